The number of aliphatic hydroxyl groups is 1. The Hall–Kier alpha value is -0.970. The van der Waals surface area contributed by atoms with E-state index in [4.69, 9.17) is 10.8 Å². The molecule has 0 aliphatic rings. The molecule has 0 saturated carbocycles. The summed E-state index contributed by atoms with van der Waals surface area (Å²) in [7, 11) is 0. The van der Waals surface area contributed by atoms with Gasteiger partial charge >= 0.3 is 0 Å². The van der Waals surface area contributed by atoms with Gasteiger partial charge in [0.1, 0.15) is 5.82 Å². The average Bonchev–Trinajstić information content (AvgIpc) is 2.36. The summed E-state index contributed by atoms with van der Waals surface area (Å²) in [6.45, 7) is 4.61. The predicted molar refractivity (Wildman–Crippen MR) is 71.8 cm³/mol. The van der Waals surface area contributed by atoms with Crippen LogP contribution < -0.4 is 5.73 Å². The van der Waals surface area contributed by atoms with Crippen LogP contribution in [0.2, 0.25) is 0 Å². The van der Waals surface area contributed by atoms with E-state index in [1.54, 1.807) is 18.2 Å². The summed E-state index contributed by atoms with van der Waals surface area (Å²) in [5.74, 6) is -0.241. The van der Waals surface area contributed by atoms with Crippen molar-refractivity contribution in [2.24, 2.45) is 5.73 Å². The Morgan fingerprint density at radius 2 is 2.00 bits per heavy atom. The first-order valence-electron chi connectivity index (χ1n) is 6.52. The fourth-order valence-electron chi connectivity index (χ4n) is 2.05. The van der Waals surface area contributed by atoms with E-state index in [1.165, 1.54) is 6.07 Å². The minimum Gasteiger partial charge on any atom is -0.395 e. The van der Waals surface area contributed by atoms with Crippen molar-refractivity contribution in [3.63, 3.8) is 0 Å². The van der Waals surface area contributed by atoms with Crippen molar-refractivity contribution in [3.05, 3.63) is 35.6 Å². The number of nitrogens with two attached hydrogens (primary N) is 1. The molecule has 0 aliphatic heterocycles. The zero-order chi connectivity index (χ0) is 13.4. The fourth-order valence-corrected chi connectivity index (χ4v) is 2.05. The van der Waals surface area contributed by atoms with Crippen LogP contribution in [0.1, 0.15) is 31.4 Å². The van der Waals surface area contributed by atoms with Gasteiger partial charge in [0, 0.05) is 24.7 Å². The first-order chi connectivity index (χ1) is 8.69. The van der Waals surface area contributed by atoms with Crippen LogP contribution in [0.15, 0.2) is 24.3 Å². The highest BCUT2D eigenvalue weighted by Gasteiger charge is 2.12. The molecule has 1 atom stereocenters. The molecule has 3 nitrogen and oxygen atoms in total. The Kier molecular flexibility index (Phi) is 6.86. The summed E-state index contributed by atoms with van der Waals surface area (Å²) in [6, 6.07) is 6.35. The van der Waals surface area contributed by atoms with E-state index in [9.17, 15) is 4.39 Å². The quantitative estimate of drug-likeness (QED) is 0.745. The first kappa shape index (κ1) is 15.1. The highest BCUT2D eigenvalue weighted by Crippen LogP contribution is 2.17. The Labute approximate surface area is 108 Å². The number of hydrogen-bond acceptors (Lipinski definition) is 3. The zero-order valence-corrected chi connectivity index (χ0v) is 11.0. The summed E-state index contributed by atoms with van der Waals surface area (Å²) < 4.78 is 13.5. The average molecular weight is 254 g/mol. The van der Waals surface area contributed by atoms with Gasteiger partial charge in [-0.1, -0.05) is 25.1 Å². The zero-order valence-electron chi connectivity index (χ0n) is 11.0. The molecule has 18 heavy (non-hydrogen) atoms. The molecule has 0 saturated heterocycles. The molecule has 0 fully saturated rings. The van der Waals surface area contributed by atoms with Crippen molar-refractivity contribution in [2.45, 2.75) is 25.8 Å². The molecule has 0 radical (unpaired) electrons. The van der Waals surface area contributed by atoms with Crippen LogP contribution in [0.25, 0.3) is 0 Å². The molecule has 0 spiro atoms. The highest BCUT2D eigenvalue weighted by molar-refractivity contribution is 5.20. The van der Waals surface area contributed by atoms with E-state index in [0.717, 1.165) is 19.5 Å². The van der Waals surface area contributed by atoms with Gasteiger partial charge in [-0.25, -0.2) is 4.39 Å². The lowest BCUT2D eigenvalue weighted by Crippen LogP contribution is -2.31. The topological polar surface area (TPSA) is 49.5 Å². The van der Waals surface area contributed by atoms with Gasteiger partial charge in [-0.3, -0.25) is 0 Å². The van der Waals surface area contributed by atoms with Gasteiger partial charge in [-0.05, 0) is 25.5 Å². The van der Waals surface area contributed by atoms with Crippen LogP contribution in [0.5, 0.6) is 0 Å². The van der Waals surface area contributed by atoms with Crippen molar-refractivity contribution in [2.75, 3.05) is 26.2 Å². The van der Waals surface area contributed by atoms with E-state index in [0.29, 0.717) is 18.5 Å². The molecule has 1 unspecified atom stereocenters. The minimum atomic E-state index is -0.288. The normalized spacial score (nSPS) is 12.9. The van der Waals surface area contributed by atoms with Crippen molar-refractivity contribution in [3.8, 4) is 0 Å². The molecule has 102 valence electrons. The molecule has 3 N–H and O–H groups in total. The second-order valence-corrected chi connectivity index (χ2v) is 4.48. The van der Waals surface area contributed by atoms with Gasteiger partial charge in [0.15, 0.2) is 0 Å². The molecule has 0 bridgehead atoms. The molecular weight excluding hydrogens is 231 g/mol. The van der Waals surface area contributed by atoms with Crippen molar-refractivity contribution < 1.29 is 9.50 Å². The molecule has 1 aromatic rings. The van der Waals surface area contributed by atoms with E-state index in [2.05, 4.69) is 11.8 Å². The molecule has 0 aromatic heterocycles. The van der Waals surface area contributed by atoms with Crippen LogP contribution in [-0.4, -0.2) is 36.2 Å². The number of aliphatic hydroxyl groups excluding tert-OH is 1. The van der Waals surface area contributed by atoms with E-state index in [1.807, 2.05) is 0 Å². The minimum absolute atomic E-state index is 0.148. The van der Waals surface area contributed by atoms with Gasteiger partial charge in [0.2, 0.25) is 0 Å². The van der Waals surface area contributed by atoms with Crippen molar-refractivity contribution >= 4 is 0 Å². The largest absolute Gasteiger partial charge is 0.395 e. The number of hydrogen-bond donors (Lipinski definition) is 2. The van der Waals surface area contributed by atoms with Crippen molar-refractivity contribution in [1.82, 2.24) is 4.90 Å². The SMILES string of the molecule is CCCN(CCO)CCC(N)c1ccccc1F. The number of benzene rings is 1. The molecular formula is C14H23FN2O. The molecule has 0 amide bonds. The highest BCUT2D eigenvalue weighted by atomic mass is 19.1. The Balaban J connectivity index is 2.49. The summed E-state index contributed by atoms with van der Waals surface area (Å²) in [6.07, 6.45) is 1.73. The maximum Gasteiger partial charge on any atom is 0.127 e. The summed E-state index contributed by atoms with van der Waals surface area (Å²) in [5.41, 5.74) is 6.57. The van der Waals surface area contributed by atoms with Crippen LogP contribution in [0, 0.1) is 5.82 Å². The molecule has 0 aliphatic carbocycles. The first-order valence-corrected chi connectivity index (χ1v) is 6.52. The third-order valence-corrected chi connectivity index (χ3v) is 3.02. The lowest BCUT2D eigenvalue weighted by atomic mass is 10.0. The fraction of sp³-hybridized carbons (Fsp3) is 0.571. The number of nitrogens with zero attached hydrogens (tertiary/aromatic N) is 1. The van der Waals surface area contributed by atoms with Crippen LogP contribution >= 0.6 is 0 Å². The van der Waals surface area contributed by atoms with Gasteiger partial charge in [-0.2, -0.15) is 0 Å². The van der Waals surface area contributed by atoms with Gasteiger partial charge in [-0.15, -0.1) is 0 Å². The lowest BCUT2D eigenvalue weighted by molar-refractivity contribution is 0.191. The second-order valence-electron chi connectivity index (χ2n) is 4.48. The van der Waals surface area contributed by atoms with E-state index < -0.39 is 0 Å². The summed E-state index contributed by atoms with van der Waals surface area (Å²) >= 11 is 0. The monoisotopic (exact) mass is 254 g/mol. The molecule has 1 rings (SSSR count). The Bertz CT molecular complexity index is 340. The molecule has 0 heterocycles. The number of rotatable bonds is 8. The van der Waals surface area contributed by atoms with Crippen molar-refractivity contribution in [1.29, 1.82) is 0 Å². The Morgan fingerprint density at radius 3 is 2.61 bits per heavy atom. The third-order valence-electron chi connectivity index (χ3n) is 3.02. The van der Waals surface area contributed by atoms with Gasteiger partial charge in [0.25, 0.3) is 0 Å². The smallest absolute Gasteiger partial charge is 0.127 e. The lowest BCUT2D eigenvalue weighted by Gasteiger charge is -2.22. The standard InChI is InChI=1S/C14H23FN2O/c1-2-8-17(10-11-18)9-7-14(16)12-5-3-4-6-13(12)15/h3-6,14,18H,2,7-11,16H2,1H3. The summed E-state index contributed by atoms with van der Waals surface area (Å²) in [5, 5.41) is 8.96. The van der Waals surface area contributed by atoms with Crippen LogP contribution in [-0.2, 0) is 0 Å². The summed E-state index contributed by atoms with van der Waals surface area (Å²) in [4.78, 5) is 2.15. The molecule has 4 heteroatoms. The van der Waals surface area contributed by atoms with Gasteiger partial charge < -0.3 is 15.7 Å². The maximum atomic E-state index is 13.5. The van der Waals surface area contributed by atoms with Crippen LogP contribution in [0.3, 0.4) is 0 Å². The van der Waals surface area contributed by atoms with E-state index >= 15 is 0 Å². The number of halogens is 1. The third kappa shape index (κ3) is 4.72. The van der Waals surface area contributed by atoms with E-state index in [-0.39, 0.29) is 18.5 Å². The second kappa shape index (κ2) is 8.19. The van der Waals surface area contributed by atoms with Crippen LogP contribution in [0.4, 0.5) is 4.39 Å². The van der Waals surface area contributed by atoms with Gasteiger partial charge in [0.05, 0.1) is 6.61 Å². The molecule has 1 aromatic carbocycles. The maximum absolute atomic E-state index is 13.5. The Morgan fingerprint density at radius 1 is 1.28 bits per heavy atom. The predicted octanol–water partition coefficient (Wildman–Crippen LogP) is 1.92.